The van der Waals surface area contributed by atoms with Gasteiger partial charge in [-0.2, -0.15) is 0 Å². The molecule has 142 valence electrons. The normalized spacial score (nSPS) is 31.8. The first-order valence-electron chi connectivity index (χ1n) is 9.92. The number of hydrogen-bond donors (Lipinski definition) is 2. The van der Waals surface area contributed by atoms with E-state index in [2.05, 4.69) is 16.0 Å². The number of nitrogens with one attached hydrogen (secondary N) is 2. The maximum Gasteiger partial charge on any atom is 0.238 e. The molecular formula is C20H29N3O3. The van der Waals surface area contributed by atoms with E-state index >= 15 is 0 Å². The van der Waals surface area contributed by atoms with Gasteiger partial charge >= 0.3 is 0 Å². The third-order valence-corrected chi connectivity index (χ3v) is 6.83. The summed E-state index contributed by atoms with van der Waals surface area (Å²) in [6, 6.07) is 0. The molecule has 6 heteroatoms. The van der Waals surface area contributed by atoms with E-state index in [9.17, 15) is 9.59 Å². The summed E-state index contributed by atoms with van der Waals surface area (Å²) in [6.45, 7) is 3.72. The zero-order valence-corrected chi connectivity index (χ0v) is 15.8. The fourth-order valence-electron chi connectivity index (χ4n) is 6.19. The van der Waals surface area contributed by atoms with Gasteiger partial charge in [0, 0.05) is 18.4 Å². The summed E-state index contributed by atoms with van der Waals surface area (Å²) in [6.07, 6.45) is 9.15. The molecule has 0 spiro atoms. The Bertz CT molecular complexity index is 654. The molecule has 26 heavy (non-hydrogen) atoms. The van der Waals surface area contributed by atoms with Crippen LogP contribution in [0, 0.1) is 37.0 Å². The van der Waals surface area contributed by atoms with E-state index in [1.807, 2.05) is 13.8 Å². The minimum absolute atomic E-state index is 0.0439. The number of nitrogens with zero attached hydrogens (tertiary/aromatic N) is 1. The molecule has 4 aliphatic rings. The fraction of sp³-hybridized carbons (Fsp3) is 0.750. The van der Waals surface area contributed by atoms with Gasteiger partial charge in [-0.15, -0.1) is 0 Å². The van der Waals surface area contributed by atoms with Crippen molar-refractivity contribution in [2.24, 2.45) is 23.2 Å². The number of hydrazine groups is 1. The molecule has 4 aliphatic carbocycles. The summed E-state index contributed by atoms with van der Waals surface area (Å²) < 4.78 is 5.11. The highest BCUT2D eigenvalue weighted by atomic mass is 16.5. The molecule has 4 bridgehead atoms. The van der Waals surface area contributed by atoms with Gasteiger partial charge in [-0.1, -0.05) is 5.16 Å². The molecule has 0 atom stereocenters. The first kappa shape index (κ1) is 17.6. The summed E-state index contributed by atoms with van der Waals surface area (Å²) in [5.41, 5.74) is 7.20. The summed E-state index contributed by atoms with van der Waals surface area (Å²) in [5.74, 6) is 3.03. The maximum absolute atomic E-state index is 12.4. The van der Waals surface area contributed by atoms with Crippen molar-refractivity contribution in [2.45, 2.75) is 71.6 Å². The van der Waals surface area contributed by atoms with Crippen LogP contribution in [-0.2, 0) is 16.0 Å². The largest absolute Gasteiger partial charge is 0.361 e. The predicted molar refractivity (Wildman–Crippen MR) is 95.8 cm³/mol. The molecule has 5 rings (SSSR count). The summed E-state index contributed by atoms with van der Waals surface area (Å²) in [7, 11) is 0. The van der Waals surface area contributed by atoms with Crippen molar-refractivity contribution in [1.82, 2.24) is 16.0 Å². The Morgan fingerprint density at radius 3 is 2.15 bits per heavy atom. The second kappa shape index (κ2) is 6.71. The topological polar surface area (TPSA) is 84.2 Å². The standard InChI is InChI=1S/C20H29N3O3/c1-12-17(13(2)26-23-12)3-4-18(24)21-22-19(25)11-20-8-14-5-15(9-20)7-16(6-14)10-20/h14-16H,3-11H2,1-2H3,(H,21,24)(H,22,25). The molecule has 1 aromatic heterocycles. The van der Waals surface area contributed by atoms with Crippen molar-refractivity contribution in [1.29, 1.82) is 0 Å². The van der Waals surface area contributed by atoms with Crippen LogP contribution in [0.2, 0.25) is 0 Å². The van der Waals surface area contributed by atoms with Gasteiger partial charge in [0.1, 0.15) is 5.76 Å². The lowest BCUT2D eigenvalue weighted by molar-refractivity contribution is -0.134. The molecule has 6 nitrogen and oxygen atoms in total. The van der Waals surface area contributed by atoms with Crippen LogP contribution >= 0.6 is 0 Å². The minimum Gasteiger partial charge on any atom is -0.361 e. The number of carbonyl (C=O) groups is 2. The average molecular weight is 359 g/mol. The van der Waals surface area contributed by atoms with Crippen LogP contribution in [-0.4, -0.2) is 17.0 Å². The Hall–Kier alpha value is -1.85. The fourth-order valence-corrected chi connectivity index (χ4v) is 6.19. The van der Waals surface area contributed by atoms with Gasteiger partial charge in [-0.25, -0.2) is 0 Å². The monoisotopic (exact) mass is 359 g/mol. The Morgan fingerprint density at radius 2 is 1.62 bits per heavy atom. The summed E-state index contributed by atoms with van der Waals surface area (Å²) in [4.78, 5) is 24.5. The highest BCUT2D eigenvalue weighted by molar-refractivity contribution is 5.82. The van der Waals surface area contributed by atoms with E-state index in [-0.39, 0.29) is 17.2 Å². The van der Waals surface area contributed by atoms with Gasteiger partial charge in [0.05, 0.1) is 5.69 Å². The number of hydrogen-bond acceptors (Lipinski definition) is 4. The van der Waals surface area contributed by atoms with Gasteiger partial charge in [0.25, 0.3) is 0 Å². The van der Waals surface area contributed by atoms with Crippen molar-refractivity contribution in [3.8, 4) is 0 Å². The highest BCUT2D eigenvalue weighted by Gasteiger charge is 2.51. The lowest BCUT2D eigenvalue weighted by Crippen LogP contribution is -2.50. The third-order valence-electron chi connectivity index (χ3n) is 6.83. The molecule has 2 N–H and O–H groups in total. The Labute approximate surface area is 154 Å². The zero-order valence-electron chi connectivity index (χ0n) is 15.8. The lowest BCUT2D eigenvalue weighted by Gasteiger charge is -2.56. The molecule has 1 heterocycles. The number of aryl methyl sites for hydroxylation is 2. The Kier molecular flexibility index (Phi) is 4.53. The molecule has 0 aliphatic heterocycles. The van der Waals surface area contributed by atoms with Gasteiger partial charge in [-0.05, 0) is 82.0 Å². The van der Waals surface area contributed by atoms with Crippen molar-refractivity contribution in [3.63, 3.8) is 0 Å². The first-order chi connectivity index (χ1) is 12.4. The number of carbonyl (C=O) groups excluding carboxylic acids is 2. The second-order valence-corrected chi connectivity index (χ2v) is 8.99. The molecule has 0 radical (unpaired) electrons. The Morgan fingerprint density at radius 1 is 1.04 bits per heavy atom. The van der Waals surface area contributed by atoms with Crippen LogP contribution in [0.5, 0.6) is 0 Å². The lowest BCUT2D eigenvalue weighted by atomic mass is 9.49. The van der Waals surface area contributed by atoms with E-state index in [0.29, 0.717) is 19.3 Å². The molecule has 0 aromatic carbocycles. The molecule has 4 saturated carbocycles. The zero-order chi connectivity index (χ0) is 18.3. The van der Waals surface area contributed by atoms with Crippen LogP contribution < -0.4 is 10.9 Å². The van der Waals surface area contributed by atoms with Crippen LogP contribution in [0.4, 0.5) is 0 Å². The van der Waals surface area contributed by atoms with Crippen LogP contribution in [0.1, 0.15) is 68.4 Å². The molecule has 0 unspecified atom stereocenters. The quantitative estimate of drug-likeness (QED) is 0.792. The van der Waals surface area contributed by atoms with Crippen molar-refractivity contribution in [2.75, 3.05) is 0 Å². The summed E-state index contributed by atoms with van der Waals surface area (Å²) >= 11 is 0. The Balaban J connectivity index is 1.23. The van der Waals surface area contributed by atoms with Gasteiger partial charge in [0.15, 0.2) is 0 Å². The first-order valence-corrected chi connectivity index (χ1v) is 9.92. The van der Waals surface area contributed by atoms with E-state index < -0.39 is 0 Å². The van der Waals surface area contributed by atoms with E-state index in [1.54, 1.807) is 0 Å². The van der Waals surface area contributed by atoms with Crippen LogP contribution in [0.25, 0.3) is 0 Å². The third kappa shape index (κ3) is 3.51. The van der Waals surface area contributed by atoms with Gasteiger partial charge in [0.2, 0.25) is 11.8 Å². The van der Waals surface area contributed by atoms with Crippen LogP contribution in [0.3, 0.4) is 0 Å². The number of amides is 2. The number of rotatable bonds is 5. The van der Waals surface area contributed by atoms with Crippen LogP contribution in [0.15, 0.2) is 4.52 Å². The predicted octanol–water partition coefficient (Wildman–Crippen LogP) is 2.98. The minimum atomic E-state index is -0.177. The average Bonchev–Trinajstić information content (AvgIpc) is 2.87. The molecule has 0 saturated heterocycles. The number of aromatic nitrogens is 1. The molecular weight excluding hydrogens is 330 g/mol. The molecule has 2 amide bonds. The van der Waals surface area contributed by atoms with Crippen molar-refractivity contribution in [3.05, 3.63) is 17.0 Å². The van der Waals surface area contributed by atoms with E-state index in [1.165, 1.54) is 38.5 Å². The second-order valence-electron chi connectivity index (χ2n) is 8.99. The highest BCUT2D eigenvalue weighted by Crippen LogP contribution is 2.61. The molecule has 1 aromatic rings. The van der Waals surface area contributed by atoms with E-state index in [0.717, 1.165) is 34.8 Å². The van der Waals surface area contributed by atoms with Gasteiger partial charge < -0.3 is 4.52 Å². The maximum atomic E-state index is 12.4. The van der Waals surface area contributed by atoms with Crippen molar-refractivity contribution < 1.29 is 14.1 Å². The van der Waals surface area contributed by atoms with Crippen molar-refractivity contribution >= 4 is 11.8 Å². The molecule has 4 fully saturated rings. The van der Waals surface area contributed by atoms with Gasteiger partial charge in [-0.3, -0.25) is 20.4 Å². The SMILES string of the molecule is Cc1noc(C)c1CCC(=O)NNC(=O)CC12CC3CC(CC(C3)C1)C2. The van der Waals surface area contributed by atoms with E-state index in [4.69, 9.17) is 4.52 Å². The smallest absolute Gasteiger partial charge is 0.238 e. The summed E-state index contributed by atoms with van der Waals surface area (Å²) in [5, 5.41) is 3.90.